The zero-order valence-corrected chi connectivity index (χ0v) is 13.6. The average molecular weight is 333 g/mol. The van der Waals surface area contributed by atoms with Crippen molar-refractivity contribution in [2.45, 2.75) is 25.8 Å². The molecule has 1 fully saturated rings. The number of benzene rings is 1. The number of halogens is 1. The van der Waals surface area contributed by atoms with Gasteiger partial charge in [0.25, 0.3) is 5.91 Å². The van der Waals surface area contributed by atoms with Crippen LogP contribution in [0.4, 0.5) is 5.69 Å². The van der Waals surface area contributed by atoms with E-state index in [1.165, 1.54) is 0 Å². The van der Waals surface area contributed by atoms with Crippen molar-refractivity contribution >= 4 is 33.8 Å². The standard InChI is InChI=1S/C14H20N2O3S.ClH/c1-2-8-16(13-7-9-20(18,19)10-13)14(17)11-3-5-12(15)6-4-11;/h3-6,13H,2,7-10,15H2,1H3;1H. The number of hydrogen-bond donors (Lipinski definition) is 1. The van der Waals surface area contributed by atoms with Gasteiger partial charge in [-0.25, -0.2) is 8.42 Å². The van der Waals surface area contributed by atoms with Gasteiger partial charge in [0.15, 0.2) is 9.84 Å². The lowest BCUT2D eigenvalue weighted by molar-refractivity contribution is 0.0697. The summed E-state index contributed by atoms with van der Waals surface area (Å²) >= 11 is 0. The molecule has 1 aromatic rings. The molecule has 2 rings (SSSR count). The van der Waals surface area contributed by atoms with Crippen molar-refractivity contribution in [2.75, 3.05) is 23.8 Å². The molecule has 1 heterocycles. The first kappa shape index (κ1) is 17.8. The Morgan fingerprint density at radius 3 is 2.43 bits per heavy atom. The highest BCUT2D eigenvalue weighted by molar-refractivity contribution is 7.91. The van der Waals surface area contributed by atoms with Gasteiger partial charge in [0.05, 0.1) is 11.5 Å². The largest absolute Gasteiger partial charge is 0.399 e. The van der Waals surface area contributed by atoms with E-state index in [4.69, 9.17) is 5.73 Å². The maximum atomic E-state index is 12.5. The molecule has 1 amide bonds. The van der Waals surface area contributed by atoms with Crippen molar-refractivity contribution in [1.29, 1.82) is 0 Å². The number of rotatable bonds is 4. The second kappa shape index (κ2) is 7.13. The highest BCUT2D eigenvalue weighted by Crippen LogP contribution is 2.20. The summed E-state index contributed by atoms with van der Waals surface area (Å²) in [6.07, 6.45) is 1.33. The van der Waals surface area contributed by atoms with E-state index in [9.17, 15) is 13.2 Å². The molecule has 1 aliphatic heterocycles. The molecule has 7 heteroatoms. The van der Waals surface area contributed by atoms with E-state index >= 15 is 0 Å². The fourth-order valence-electron chi connectivity index (χ4n) is 2.50. The number of amides is 1. The van der Waals surface area contributed by atoms with Gasteiger partial charge in [-0.2, -0.15) is 0 Å². The van der Waals surface area contributed by atoms with Crippen LogP contribution in [-0.2, 0) is 9.84 Å². The lowest BCUT2D eigenvalue weighted by Gasteiger charge is -2.28. The minimum atomic E-state index is -3.00. The minimum Gasteiger partial charge on any atom is -0.399 e. The topological polar surface area (TPSA) is 80.5 Å². The van der Waals surface area contributed by atoms with Crippen molar-refractivity contribution in [3.8, 4) is 0 Å². The summed E-state index contributed by atoms with van der Waals surface area (Å²) < 4.78 is 23.2. The first-order valence-corrected chi connectivity index (χ1v) is 8.62. The Labute approximate surface area is 131 Å². The summed E-state index contributed by atoms with van der Waals surface area (Å²) in [5, 5.41) is 0. The molecule has 0 spiro atoms. The molecular weight excluding hydrogens is 312 g/mol. The molecule has 1 unspecified atom stereocenters. The number of anilines is 1. The van der Waals surface area contributed by atoms with Crippen LogP contribution in [-0.4, -0.2) is 43.3 Å². The number of nitrogens with zero attached hydrogens (tertiary/aromatic N) is 1. The van der Waals surface area contributed by atoms with Crippen molar-refractivity contribution in [2.24, 2.45) is 0 Å². The fraction of sp³-hybridized carbons (Fsp3) is 0.500. The van der Waals surface area contributed by atoms with E-state index in [0.29, 0.717) is 24.2 Å². The van der Waals surface area contributed by atoms with Gasteiger partial charge >= 0.3 is 0 Å². The summed E-state index contributed by atoms with van der Waals surface area (Å²) in [4.78, 5) is 14.2. The van der Waals surface area contributed by atoms with Gasteiger partial charge in [-0.05, 0) is 37.1 Å². The number of nitrogen functional groups attached to an aromatic ring is 1. The van der Waals surface area contributed by atoms with E-state index < -0.39 is 9.84 Å². The predicted molar refractivity (Wildman–Crippen MR) is 86.5 cm³/mol. The zero-order valence-electron chi connectivity index (χ0n) is 12.0. The van der Waals surface area contributed by atoms with Crippen LogP contribution in [0.5, 0.6) is 0 Å². The third kappa shape index (κ3) is 4.35. The summed E-state index contributed by atoms with van der Waals surface area (Å²) in [6.45, 7) is 2.55. The number of carbonyl (C=O) groups is 1. The lowest BCUT2D eigenvalue weighted by Crippen LogP contribution is -2.41. The molecule has 0 aliphatic carbocycles. The predicted octanol–water partition coefficient (Wildman–Crippen LogP) is 1.73. The van der Waals surface area contributed by atoms with Gasteiger partial charge < -0.3 is 10.6 Å². The monoisotopic (exact) mass is 332 g/mol. The first-order chi connectivity index (χ1) is 9.43. The van der Waals surface area contributed by atoms with E-state index in [1.807, 2.05) is 6.92 Å². The highest BCUT2D eigenvalue weighted by atomic mass is 35.5. The Morgan fingerprint density at radius 1 is 1.33 bits per heavy atom. The molecule has 0 saturated carbocycles. The quantitative estimate of drug-likeness (QED) is 0.851. The summed E-state index contributed by atoms with van der Waals surface area (Å²) in [5.74, 6) is 0.134. The Kier molecular flexibility index (Phi) is 6.04. The van der Waals surface area contributed by atoms with Gasteiger partial charge in [0.2, 0.25) is 0 Å². The van der Waals surface area contributed by atoms with Crippen LogP contribution in [0.3, 0.4) is 0 Å². The molecule has 1 aromatic carbocycles. The third-order valence-corrected chi connectivity index (χ3v) is 5.28. The van der Waals surface area contributed by atoms with E-state index in [2.05, 4.69) is 0 Å². The molecule has 118 valence electrons. The van der Waals surface area contributed by atoms with Crippen LogP contribution in [0.2, 0.25) is 0 Å². The van der Waals surface area contributed by atoms with Gasteiger partial charge in [0.1, 0.15) is 0 Å². The number of carbonyl (C=O) groups excluding carboxylic acids is 1. The van der Waals surface area contributed by atoms with E-state index in [-0.39, 0.29) is 35.9 Å². The van der Waals surface area contributed by atoms with Crippen LogP contribution in [0.1, 0.15) is 30.1 Å². The Balaban J connectivity index is 0.00000220. The lowest BCUT2D eigenvalue weighted by atomic mass is 10.1. The normalized spacial score (nSPS) is 19.8. The molecule has 21 heavy (non-hydrogen) atoms. The molecule has 1 saturated heterocycles. The number of nitrogens with two attached hydrogens (primary N) is 1. The summed E-state index contributed by atoms with van der Waals surface area (Å²) in [5.41, 5.74) is 6.77. The summed E-state index contributed by atoms with van der Waals surface area (Å²) in [6, 6.07) is 6.53. The SMILES string of the molecule is CCCN(C(=O)c1ccc(N)cc1)C1CCS(=O)(=O)C1.Cl. The number of sulfone groups is 1. The molecule has 0 bridgehead atoms. The van der Waals surface area contributed by atoms with E-state index in [1.54, 1.807) is 29.2 Å². The second-order valence-electron chi connectivity index (χ2n) is 5.18. The second-order valence-corrected chi connectivity index (χ2v) is 7.41. The molecule has 2 N–H and O–H groups in total. The Bertz CT molecular complexity index is 587. The Hall–Kier alpha value is -1.27. The van der Waals surface area contributed by atoms with Crippen molar-refractivity contribution in [3.63, 3.8) is 0 Å². The van der Waals surface area contributed by atoms with Crippen molar-refractivity contribution in [1.82, 2.24) is 4.90 Å². The van der Waals surface area contributed by atoms with Gasteiger partial charge in [-0.15, -0.1) is 12.4 Å². The van der Waals surface area contributed by atoms with Crippen LogP contribution in [0.25, 0.3) is 0 Å². The maximum Gasteiger partial charge on any atom is 0.254 e. The molecule has 0 aromatic heterocycles. The zero-order chi connectivity index (χ0) is 14.8. The minimum absolute atomic E-state index is 0. The van der Waals surface area contributed by atoms with Crippen LogP contribution >= 0.6 is 12.4 Å². The maximum absolute atomic E-state index is 12.5. The molecule has 1 atom stereocenters. The summed E-state index contributed by atoms with van der Waals surface area (Å²) in [7, 11) is -3.00. The van der Waals surface area contributed by atoms with Crippen molar-refractivity contribution < 1.29 is 13.2 Å². The van der Waals surface area contributed by atoms with E-state index in [0.717, 1.165) is 6.42 Å². The van der Waals surface area contributed by atoms with Gasteiger partial charge in [-0.1, -0.05) is 6.92 Å². The number of hydrogen-bond acceptors (Lipinski definition) is 4. The molecule has 0 radical (unpaired) electrons. The molecular formula is C14H21ClN2O3S. The first-order valence-electron chi connectivity index (χ1n) is 6.80. The Morgan fingerprint density at radius 2 is 1.95 bits per heavy atom. The smallest absolute Gasteiger partial charge is 0.254 e. The third-order valence-electron chi connectivity index (χ3n) is 3.53. The fourth-order valence-corrected chi connectivity index (χ4v) is 4.23. The van der Waals surface area contributed by atoms with Crippen LogP contribution in [0.15, 0.2) is 24.3 Å². The van der Waals surface area contributed by atoms with Crippen LogP contribution < -0.4 is 5.73 Å². The van der Waals surface area contributed by atoms with Gasteiger partial charge in [0, 0.05) is 23.8 Å². The van der Waals surface area contributed by atoms with Crippen molar-refractivity contribution in [3.05, 3.63) is 29.8 Å². The molecule has 5 nitrogen and oxygen atoms in total. The van der Waals surface area contributed by atoms with Crippen LogP contribution in [0, 0.1) is 0 Å². The highest BCUT2D eigenvalue weighted by Gasteiger charge is 2.34. The molecule has 1 aliphatic rings. The average Bonchev–Trinajstić information content (AvgIpc) is 2.76. The van der Waals surface area contributed by atoms with Gasteiger partial charge in [-0.3, -0.25) is 4.79 Å².